The molecule has 0 heterocycles. The van der Waals surface area contributed by atoms with Crippen molar-refractivity contribution >= 4 is 0 Å². The maximum atomic E-state index is 2.50. The van der Waals surface area contributed by atoms with E-state index in [4.69, 9.17) is 0 Å². The van der Waals surface area contributed by atoms with Gasteiger partial charge in [0.2, 0.25) is 0 Å². The SMILES string of the molecule is CCCCCCC/C=C\CCCCCCCCCCC[C@@H](C)CCCCCCCCCCCCCC. The molecule has 1 atom stereocenters. The molecule has 0 nitrogen and oxygen atoms in total. The molecule has 0 bridgehead atoms. The minimum Gasteiger partial charge on any atom is -0.0885 e. The maximum absolute atomic E-state index is 2.50. The topological polar surface area (TPSA) is 0 Å². The van der Waals surface area contributed by atoms with Crippen LogP contribution in [0.25, 0.3) is 0 Å². The molecule has 0 aliphatic heterocycles. The summed E-state index contributed by atoms with van der Waals surface area (Å²) < 4.78 is 0. The number of unbranched alkanes of at least 4 members (excludes halogenated alkanes) is 25. The summed E-state index contributed by atoms with van der Waals surface area (Å²) >= 11 is 0. The number of rotatable bonds is 31. The molecular formula is C36H72. The van der Waals surface area contributed by atoms with Gasteiger partial charge in [-0.15, -0.1) is 0 Å². The Kier molecular flexibility index (Phi) is 32.5. The highest BCUT2D eigenvalue weighted by molar-refractivity contribution is 4.81. The van der Waals surface area contributed by atoms with Crippen LogP contribution in [-0.2, 0) is 0 Å². The van der Waals surface area contributed by atoms with Crippen molar-refractivity contribution in [3.8, 4) is 0 Å². The molecule has 0 saturated carbocycles. The summed E-state index contributed by atoms with van der Waals surface area (Å²) in [6.45, 7) is 7.10. The van der Waals surface area contributed by atoms with Gasteiger partial charge < -0.3 is 0 Å². The van der Waals surface area contributed by atoms with Crippen molar-refractivity contribution in [3.63, 3.8) is 0 Å². The van der Waals surface area contributed by atoms with Crippen LogP contribution in [0.5, 0.6) is 0 Å². The van der Waals surface area contributed by atoms with Crippen molar-refractivity contribution in [1.29, 1.82) is 0 Å². The van der Waals surface area contributed by atoms with Gasteiger partial charge in [-0.2, -0.15) is 0 Å². The number of hydrogen-bond donors (Lipinski definition) is 0. The molecule has 36 heavy (non-hydrogen) atoms. The molecular weight excluding hydrogens is 432 g/mol. The first-order valence-corrected chi connectivity index (χ1v) is 17.5. The third-order valence-corrected chi connectivity index (χ3v) is 8.26. The number of allylic oxidation sites excluding steroid dienone is 2. The predicted octanol–water partition coefficient (Wildman–Crippen LogP) is 13.9. The quantitative estimate of drug-likeness (QED) is 0.0650. The fourth-order valence-corrected chi connectivity index (χ4v) is 5.57. The summed E-state index contributed by atoms with van der Waals surface area (Å²) in [6.07, 6.45) is 48.3. The van der Waals surface area contributed by atoms with Gasteiger partial charge >= 0.3 is 0 Å². The monoisotopic (exact) mass is 505 g/mol. The summed E-state index contributed by atoms with van der Waals surface area (Å²) in [5.74, 6) is 0.961. The highest BCUT2D eigenvalue weighted by Crippen LogP contribution is 2.19. The van der Waals surface area contributed by atoms with Crippen LogP contribution >= 0.6 is 0 Å². The molecule has 0 unspecified atom stereocenters. The Labute approximate surface area is 231 Å². The molecule has 0 fully saturated rings. The van der Waals surface area contributed by atoms with Crippen molar-refractivity contribution < 1.29 is 0 Å². The first-order valence-electron chi connectivity index (χ1n) is 17.5. The zero-order chi connectivity index (χ0) is 26.2. The molecule has 0 aromatic carbocycles. The molecule has 0 aliphatic carbocycles. The predicted molar refractivity (Wildman–Crippen MR) is 168 cm³/mol. The molecule has 0 rings (SSSR count). The van der Waals surface area contributed by atoms with Gasteiger partial charge in [-0.25, -0.2) is 0 Å². The number of hydrogen-bond acceptors (Lipinski definition) is 0. The smallest absolute Gasteiger partial charge is 0.0351 e. The summed E-state index contributed by atoms with van der Waals surface area (Å²) in [5.41, 5.74) is 0. The third-order valence-electron chi connectivity index (χ3n) is 8.26. The molecule has 216 valence electrons. The Bertz CT molecular complexity index is 395. The molecule has 0 spiro atoms. The van der Waals surface area contributed by atoms with Gasteiger partial charge in [-0.05, 0) is 31.6 Å². The van der Waals surface area contributed by atoms with Crippen molar-refractivity contribution in [3.05, 3.63) is 12.2 Å². The van der Waals surface area contributed by atoms with E-state index in [9.17, 15) is 0 Å². The van der Waals surface area contributed by atoms with E-state index in [1.807, 2.05) is 0 Å². The molecule has 0 saturated heterocycles. The van der Waals surface area contributed by atoms with Crippen molar-refractivity contribution in [2.75, 3.05) is 0 Å². The lowest BCUT2D eigenvalue weighted by Gasteiger charge is -2.11. The van der Waals surface area contributed by atoms with Crippen LogP contribution in [0.3, 0.4) is 0 Å². The van der Waals surface area contributed by atoms with E-state index in [0.717, 1.165) is 5.92 Å². The van der Waals surface area contributed by atoms with Crippen LogP contribution < -0.4 is 0 Å². The van der Waals surface area contributed by atoms with E-state index >= 15 is 0 Å². The van der Waals surface area contributed by atoms with Crippen molar-refractivity contribution in [1.82, 2.24) is 0 Å². The average Bonchev–Trinajstić information content (AvgIpc) is 2.88. The minimum absolute atomic E-state index is 0.961. The van der Waals surface area contributed by atoms with Gasteiger partial charge in [0.25, 0.3) is 0 Å². The molecule has 0 amide bonds. The first kappa shape index (κ1) is 35.7. The second-order valence-corrected chi connectivity index (χ2v) is 12.2. The second-order valence-electron chi connectivity index (χ2n) is 12.2. The van der Waals surface area contributed by atoms with Crippen LogP contribution in [0.15, 0.2) is 12.2 Å². The Morgan fingerprint density at radius 3 is 0.889 bits per heavy atom. The first-order chi connectivity index (χ1) is 17.8. The fourth-order valence-electron chi connectivity index (χ4n) is 5.57. The molecule has 0 heteroatoms. The summed E-state index contributed by atoms with van der Waals surface area (Å²) in [7, 11) is 0. The van der Waals surface area contributed by atoms with Crippen molar-refractivity contribution in [2.45, 2.75) is 213 Å². The molecule has 0 aliphatic rings. The van der Waals surface area contributed by atoms with Gasteiger partial charge in [0.1, 0.15) is 0 Å². The lowest BCUT2D eigenvalue weighted by molar-refractivity contribution is 0.430. The minimum atomic E-state index is 0.961. The van der Waals surface area contributed by atoms with Crippen LogP contribution in [0.1, 0.15) is 213 Å². The maximum Gasteiger partial charge on any atom is -0.0351 e. The average molecular weight is 505 g/mol. The van der Waals surface area contributed by atoms with E-state index in [-0.39, 0.29) is 0 Å². The summed E-state index contributed by atoms with van der Waals surface area (Å²) in [6, 6.07) is 0. The largest absolute Gasteiger partial charge is 0.0885 e. The highest BCUT2D eigenvalue weighted by Gasteiger charge is 2.02. The Hall–Kier alpha value is -0.260. The fraction of sp³-hybridized carbons (Fsp3) is 0.944. The van der Waals surface area contributed by atoms with Crippen LogP contribution in [-0.4, -0.2) is 0 Å². The standard InChI is InChI=1S/C36H72/c1-4-6-8-10-12-14-16-18-19-20-21-22-23-25-27-29-31-33-35-36(3)34-32-30-28-26-24-17-15-13-11-9-7-5-2/h16,18,36H,4-15,17,19-35H2,1-3H3/b18-16-/t36-/m0/s1. The second kappa shape index (κ2) is 32.8. The van der Waals surface area contributed by atoms with Gasteiger partial charge in [0, 0.05) is 0 Å². The molecule has 0 radical (unpaired) electrons. The Morgan fingerprint density at radius 2 is 0.583 bits per heavy atom. The van der Waals surface area contributed by atoms with E-state index in [1.54, 1.807) is 0 Å². The third kappa shape index (κ3) is 31.8. The van der Waals surface area contributed by atoms with Gasteiger partial charge in [-0.1, -0.05) is 200 Å². The molecule has 0 aromatic rings. The lowest BCUT2D eigenvalue weighted by Crippen LogP contribution is -1.95. The lowest BCUT2D eigenvalue weighted by atomic mass is 9.95. The van der Waals surface area contributed by atoms with Gasteiger partial charge in [0.15, 0.2) is 0 Å². The van der Waals surface area contributed by atoms with Crippen molar-refractivity contribution in [2.24, 2.45) is 5.92 Å². The molecule has 0 aromatic heterocycles. The zero-order valence-electron chi connectivity index (χ0n) is 25.9. The molecule has 0 N–H and O–H groups in total. The van der Waals surface area contributed by atoms with E-state index < -0.39 is 0 Å². The van der Waals surface area contributed by atoms with Gasteiger partial charge in [-0.3, -0.25) is 0 Å². The Morgan fingerprint density at radius 1 is 0.333 bits per heavy atom. The zero-order valence-corrected chi connectivity index (χ0v) is 25.9. The van der Waals surface area contributed by atoms with Gasteiger partial charge in [0.05, 0.1) is 0 Å². The van der Waals surface area contributed by atoms with Crippen LogP contribution in [0.4, 0.5) is 0 Å². The van der Waals surface area contributed by atoms with Crippen LogP contribution in [0, 0.1) is 5.92 Å². The van der Waals surface area contributed by atoms with E-state index in [1.165, 1.54) is 193 Å². The van der Waals surface area contributed by atoms with E-state index in [0.29, 0.717) is 0 Å². The summed E-state index contributed by atoms with van der Waals surface area (Å²) in [4.78, 5) is 0. The van der Waals surface area contributed by atoms with Crippen LogP contribution in [0.2, 0.25) is 0 Å². The highest BCUT2D eigenvalue weighted by atomic mass is 14.1. The summed E-state index contributed by atoms with van der Waals surface area (Å²) in [5, 5.41) is 0. The Balaban J connectivity index is 3.17. The van der Waals surface area contributed by atoms with E-state index in [2.05, 4.69) is 32.9 Å². The normalized spacial score (nSPS) is 12.6.